The molecule has 0 aliphatic carbocycles. The van der Waals surface area contributed by atoms with E-state index in [0.717, 1.165) is 16.2 Å². The summed E-state index contributed by atoms with van der Waals surface area (Å²) in [6.07, 6.45) is 0. The van der Waals surface area contributed by atoms with Crippen molar-refractivity contribution in [1.29, 1.82) is 0 Å². The third-order valence-electron chi connectivity index (χ3n) is 3.50. The average Bonchev–Trinajstić information content (AvgIpc) is 3.30. The first-order chi connectivity index (χ1) is 12.5. The number of benzene rings is 1. The lowest BCUT2D eigenvalue weighted by Crippen LogP contribution is -2.39. The van der Waals surface area contributed by atoms with Gasteiger partial charge in [0.25, 0.3) is 10.0 Å². The van der Waals surface area contributed by atoms with Crippen molar-refractivity contribution < 1.29 is 13.2 Å². The van der Waals surface area contributed by atoms with Crippen molar-refractivity contribution in [2.75, 3.05) is 0 Å². The predicted octanol–water partition coefficient (Wildman–Crippen LogP) is 3.91. The van der Waals surface area contributed by atoms with Crippen LogP contribution in [0.3, 0.4) is 0 Å². The van der Waals surface area contributed by atoms with E-state index in [4.69, 9.17) is 0 Å². The van der Waals surface area contributed by atoms with E-state index >= 15 is 0 Å². The van der Waals surface area contributed by atoms with Crippen LogP contribution in [0, 0.1) is 0 Å². The number of nitrogens with one attached hydrogen (secondary N) is 2. The molecule has 0 radical (unpaired) electrons. The van der Waals surface area contributed by atoms with Crippen molar-refractivity contribution in [2.24, 2.45) is 0 Å². The lowest BCUT2D eigenvalue weighted by molar-refractivity contribution is -0.123. The van der Waals surface area contributed by atoms with Gasteiger partial charge in [0.15, 0.2) is 0 Å². The highest BCUT2D eigenvalue weighted by Gasteiger charge is 2.28. The van der Waals surface area contributed by atoms with Gasteiger partial charge in [-0.3, -0.25) is 4.79 Å². The van der Waals surface area contributed by atoms with Crippen LogP contribution in [0.25, 0.3) is 0 Å². The number of rotatable bonds is 7. The number of halogens is 1. The summed E-state index contributed by atoms with van der Waals surface area (Å²) < 4.78 is 28.7. The van der Waals surface area contributed by atoms with E-state index < -0.39 is 22.0 Å². The molecule has 0 saturated carbocycles. The van der Waals surface area contributed by atoms with Crippen molar-refractivity contribution in [3.63, 3.8) is 0 Å². The van der Waals surface area contributed by atoms with Gasteiger partial charge < -0.3 is 5.32 Å². The molecule has 5 nitrogen and oxygen atoms in total. The van der Waals surface area contributed by atoms with Gasteiger partial charge in [-0.05, 0) is 45.1 Å². The molecule has 2 aromatic heterocycles. The Morgan fingerprint density at radius 3 is 2.46 bits per heavy atom. The van der Waals surface area contributed by atoms with Crippen molar-refractivity contribution in [1.82, 2.24) is 10.0 Å². The first-order valence-electron chi connectivity index (χ1n) is 7.58. The molecule has 136 valence electrons. The van der Waals surface area contributed by atoms with E-state index in [0.29, 0.717) is 15.9 Å². The number of hydrogen-bond donors (Lipinski definition) is 2. The fourth-order valence-corrected chi connectivity index (χ4v) is 6.12. The predicted molar refractivity (Wildman–Crippen MR) is 108 cm³/mol. The number of amides is 1. The summed E-state index contributed by atoms with van der Waals surface area (Å²) in [5.74, 6) is -0.399. The Morgan fingerprint density at radius 1 is 1.08 bits per heavy atom. The minimum Gasteiger partial charge on any atom is -0.350 e. The van der Waals surface area contributed by atoms with E-state index in [2.05, 4.69) is 26.0 Å². The van der Waals surface area contributed by atoms with Gasteiger partial charge in [-0.25, -0.2) is 8.42 Å². The summed E-state index contributed by atoms with van der Waals surface area (Å²) >= 11 is 5.88. The number of hydrogen-bond acceptors (Lipinski definition) is 5. The SMILES string of the molecule is O=C(NCc1cccs1)[C@@H](NS(=O)(=O)c1ccc(Br)s1)c1ccccc1. The fraction of sp³-hybridized carbons (Fsp3) is 0.118. The van der Waals surface area contributed by atoms with Gasteiger partial charge in [-0.2, -0.15) is 4.72 Å². The largest absolute Gasteiger partial charge is 0.350 e. The van der Waals surface area contributed by atoms with Crippen LogP contribution in [0.15, 0.2) is 68.0 Å². The Bertz CT molecular complexity index is 970. The molecule has 0 spiro atoms. The highest BCUT2D eigenvalue weighted by atomic mass is 79.9. The monoisotopic (exact) mass is 470 g/mol. The van der Waals surface area contributed by atoms with E-state index in [1.54, 1.807) is 30.3 Å². The van der Waals surface area contributed by atoms with Crippen molar-refractivity contribution in [3.8, 4) is 0 Å². The molecule has 2 N–H and O–H groups in total. The summed E-state index contributed by atoms with van der Waals surface area (Å²) in [7, 11) is -3.82. The Labute approximate surface area is 168 Å². The van der Waals surface area contributed by atoms with Crippen LogP contribution in [0.5, 0.6) is 0 Å². The zero-order chi connectivity index (χ0) is 18.6. The third kappa shape index (κ3) is 4.80. The van der Waals surface area contributed by atoms with Gasteiger partial charge in [0.05, 0.1) is 10.3 Å². The second-order valence-electron chi connectivity index (χ2n) is 5.32. The highest BCUT2D eigenvalue weighted by Crippen LogP contribution is 2.27. The molecule has 9 heteroatoms. The lowest BCUT2D eigenvalue weighted by atomic mass is 10.1. The Morgan fingerprint density at radius 2 is 1.85 bits per heavy atom. The summed E-state index contributed by atoms with van der Waals surface area (Å²) in [6, 6.07) is 14.8. The van der Waals surface area contributed by atoms with Crippen LogP contribution >= 0.6 is 38.6 Å². The summed E-state index contributed by atoms with van der Waals surface area (Å²) in [5.41, 5.74) is 0.579. The molecule has 3 aromatic rings. The topological polar surface area (TPSA) is 75.3 Å². The van der Waals surface area contributed by atoms with Crippen molar-refractivity contribution >= 4 is 54.5 Å². The molecule has 0 aliphatic rings. The van der Waals surface area contributed by atoms with Crippen LogP contribution in [0.1, 0.15) is 16.5 Å². The van der Waals surface area contributed by atoms with Gasteiger partial charge in [-0.1, -0.05) is 36.4 Å². The summed E-state index contributed by atoms with van der Waals surface area (Å²) in [4.78, 5) is 13.7. The van der Waals surface area contributed by atoms with E-state index in [-0.39, 0.29) is 4.21 Å². The zero-order valence-electron chi connectivity index (χ0n) is 13.4. The first kappa shape index (κ1) is 19.2. The van der Waals surface area contributed by atoms with Gasteiger partial charge in [0, 0.05) is 4.88 Å². The van der Waals surface area contributed by atoms with E-state index in [1.807, 2.05) is 23.6 Å². The Hall–Kier alpha value is -1.52. The van der Waals surface area contributed by atoms with Crippen molar-refractivity contribution in [3.05, 3.63) is 74.2 Å². The van der Waals surface area contributed by atoms with E-state index in [9.17, 15) is 13.2 Å². The second-order valence-corrected chi connectivity index (χ2v) is 10.8. The third-order valence-corrected chi connectivity index (χ3v) is 7.91. The molecule has 26 heavy (non-hydrogen) atoms. The molecule has 0 aliphatic heterocycles. The molecule has 0 fully saturated rings. The minimum absolute atomic E-state index is 0.149. The molecule has 1 aromatic carbocycles. The van der Waals surface area contributed by atoms with Crippen LogP contribution in [-0.4, -0.2) is 14.3 Å². The maximum atomic E-state index is 12.7. The minimum atomic E-state index is -3.82. The fourth-order valence-electron chi connectivity index (χ4n) is 2.26. The van der Waals surface area contributed by atoms with Crippen LogP contribution in [0.4, 0.5) is 0 Å². The van der Waals surface area contributed by atoms with Crippen LogP contribution in [-0.2, 0) is 21.4 Å². The molecular weight excluding hydrogens is 456 g/mol. The molecule has 3 rings (SSSR count). The molecule has 2 heterocycles. The zero-order valence-corrected chi connectivity index (χ0v) is 17.4. The highest BCUT2D eigenvalue weighted by molar-refractivity contribution is 9.11. The van der Waals surface area contributed by atoms with Gasteiger partial charge >= 0.3 is 0 Å². The molecule has 1 amide bonds. The molecular formula is C17H15BrN2O3S3. The molecule has 0 saturated heterocycles. The smallest absolute Gasteiger partial charge is 0.251 e. The first-order valence-corrected chi connectivity index (χ1v) is 11.6. The average molecular weight is 471 g/mol. The Balaban J connectivity index is 1.82. The Kier molecular flexibility index (Phi) is 6.25. The summed E-state index contributed by atoms with van der Waals surface area (Å²) in [5, 5.41) is 4.73. The quantitative estimate of drug-likeness (QED) is 0.549. The number of sulfonamides is 1. The maximum absolute atomic E-state index is 12.7. The van der Waals surface area contributed by atoms with Gasteiger partial charge in [0.1, 0.15) is 10.3 Å². The number of carbonyl (C=O) groups is 1. The van der Waals surface area contributed by atoms with Gasteiger partial charge in [0.2, 0.25) is 5.91 Å². The maximum Gasteiger partial charge on any atom is 0.251 e. The second kappa shape index (κ2) is 8.45. The molecule has 0 unspecified atom stereocenters. The normalized spacial score (nSPS) is 12.7. The molecule has 1 atom stereocenters. The number of thiophene rings is 2. The van der Waals surface area contributed by atoms with Crippen LogP contribution in [0.2, 0.25) is 0 Å². The van der Waals surface area contributed by atoms with Crippen molar-refractivity contribution in [2.45, 2.75) is 16.8 Å². The molecule has 0 bridgehead atoms. The standard InChI is InChI=1S/C17H15BrN2O3S3/c18-14-8-9-15(25-14)26(22,23)20-16(12-5-2-1-3-6-12)17(21)19-11-13-7-4-10-24-13/h1-10,16,20H,11H2,(H,19,21)/t16-/m0/s1. The summed E-state index contributed by atoms with van der Waals surface area (Å²) in [6.45, 7) is 0.353. The van der Waals surface area contributed by atoms with Gasteiger partial charge in [-0.15, -0.1) is 22.7 Å². The lowest BCUT2D eigenvalue weighted by Gasteiger charge is -2.18. The van der Waals surface area contributed by atoms with Crippen LogP contribution < -0.4 is 10.0 Å². The van der Waals surface area contributed by atoms with E-state index in [1.165, 1.54) is 17.4 Å². The number of carbonyl (C=O) groups excluding carboxylic acids is 1.